The highest BCUT2D eigenvalue weighted by Crippen LogP contribution is 2.32. The Kier molecular flexibility index (Phi) is 4.53. The Morgan fingerprint density at radius 3 is 2.96 bits per heavy atom. The van der Waals surface area contributed by atoms with Crippen molar-refractivity contribution in [3.8, 4) is 0 Å². The molecule has 25 heavy (non-hydrogen) atoms. The third kappa shape index (κ3) is 3.45. The van der Waals surface area contributed by atoms with Crippen LogP contribution in [0.4, 0.5) is 8.78 Å². The first kappa shape index (κ1) is 16.3. The van der Waals surface area contributed by atoms with Crippen molar-refractivity contribution in [3.05, 3.63) is 30.1 Å². The van der Waals surface area contributed by atoms with Gasteiger partial charge in [-0.2, -0.15) is 0 Å². The van der Waals surface area contributed by atoms with Crippen LogP contribution in [0.3, 0.4) is 0 Å². The molecule has 0 spiro atoms. The Balaban J connectivity index is 1.67. The molecule has 1 unspecified atom stereocenters. The van der Waals surface area contributed by atoms with Gasteiger partial charge in [-0.15, -0.1) is 5.10 Å². The van der Waals surface area contributed by atoms with Crippen LogP contribution in [0.25, 0.3) is 10.9 Å². The van der Waals surface area contributed by atoms with E-state index in [9.17, 15) is 8.78 Å². The topological polar surface area (TPSA) is 78.6 Å². The molecule has 1 saturated heterocycles. The average Bonchev–Trinajstić information content (AvgIpc) is 3.28. The van der Waals surface area contributed by atoms with Crippen LogP contribution < -0.4 is 0 Å². The second-order valence-electron chi connectivity index (χ2n) is 5.59. The molecular weight excluding hydrogens is 350 g/mol. The Morgan fingerprint density at radius 2 is 2.16 bits per heavy atom. The summed E-state index contributed by atoms with van der Waals surface area (Å²) < 4.78 is 33.4. The fraction of sp³-hybridized carbons (Fsp3) is 0.400. The maximum atomic E-state index is 13.1. The van der Waals surface area contributed by atoms with E-state index in [-0.39, 0.29) is 6.10 Å². The number of hydrogen-bond acceptors (Lipinski definition) is 7. The first-order chi connectivity index (χ1) is 12.2. The van der Waals surface area contributed by atoms with Crippen LogP contribution in [0.1, 0.15) is 25.1 Å². The van der Waals surface area contributed by atoms with E-state index in [0.29, 0.717) is 27.6 Å². The molecule has 3 aromatic rings. The summed E-state index contributed by atoms with van der Waals surface area (Å²) in [5.74, 6) is -0.501. The van der Waals surface area contributed by atoms with Crippen LogP contribution in [-0.2, 0) is 11.3 Å². The predicted molar refractivity (Wildman–Crippen MR) is 85.4 cm³/mol. The Morgan fingerprint density at radius 1 is 1.28 bits per heavy atom. The second-order valence-corrected chi connectivity index (χ2v) is 6.54. The van der Waals surface area contributed by atoms with Crippen molar-refractivity contribution in [2.24, 2.45) is 0 Å². The highest BCUT2D eigenvalue weighted by Gasteiger charge is 2.21. The summed E-state index contributed by atoms with van der Waals surface area (Å²) in [5, 5.41) is 13.2. The molecule has 3 heterocycles. The lowest BCUT2D eigenvalue weighted by atomic mass is 10.2. The van der Waals surface area contributed by atoms with E-state index in [1.165, 1.54) is 0 Å². The number of benzene rings is 1. The third-order valence-electron chi connectivity index (χ3n) is 3.87. The van der Waals surface area contributed by atoms with Crippen molar-refractivity contribution >= 4 is 22.7 Å². The first-order valence-corrected chi connectivity index (χ1v) is 8.63. The Hall–Kier alpha value is -2.20. The molecule has 4 rings (SSSR count). The van der Waals surface area contributed by atoms with Gasteiger partial charge >= 0.3 is 0 Å². The zero-order valence-electron chi connectivity index (χ0n) is 13.0. The van der Waals surface area contributed by atoms with E-state index >= 15 is 0 Å². The average molecular weight is 364 g/mol. The third-order valence-corrected chi connectivity index (χ3v) is 4.85. The number of ether oxygens (including phenoxy) is 1. The van der Waals surface area contributed by atoms with Crippen LogP contribution in [0, 0.1) is 0 Å². The fourth-order valence-corrected chi connectivity index (χ4v) is 3.58. The van der Waals surface area contributed by atoms with Gasteiger partial charge in [-0.25, -0.2) is 23.4 Å². The minimum absolute atomic E-state index is 0.0709. The van der Waals surface area contributed by atoms with Gasteiger partial charge in [0.1, 0.15) is 5.03 Å². The predicted octanol–water partition coefficient (Wildman–Crippen LogP) is 2.88. The maximum absolute atomic E-state index is 13.1. The van der Waals surface area contributed by atoms with E-state index in [1.807, 2.05) is 6.07 Å². The monoisotopic (exact) mass is 364 g/mol. The van der Waals surface area contributed by atoms with Crippen LogP contribution in [-0.4, -0.2) is 42.9 Å². The summed E-state index contributed by atoms with van der Waals surface area (Å²) in [5.41, 5.74) is 0.466. The van der Waals surface area contributed by atoms with Gasteiger partial charge < -0.3 is 4.74 Å². The number of alkyl halides is 2. The molecule has 0 aliphatic carbocycles. The number of aromatic nitrogens is 6. The largest absolute Gasteiger partial charge is 0.376 e. The molecule has 0 bridgehead atoms. The summed E-state index contributed by atoms with van der Waals surface area (Å²) in [7, 11) is 0. The molecule has 1 aromatic carbocycles. The zero-order chi connectivity index (χ0) is 17.2. The van der Waals surface area contributed by atoms with Gasteiger partial charge in [0.05, 0.1) is 18.2 Å². The maximum Gasteiger partial charge on any atom is 0.297 e. The van der Waals surface area contributed by atoms with Crippen molar-refractivity contribution in [3.63, 3.8) is 0 Å². The summed E-state index contributed by atoms with van der Waals surface area (Å²) in [4.78, 5) is 7.93. The number of hydrogen-bond donors (Lipinski definition) is 0. The van der Waals surface area contributed by atoms with Crippen molar-refractivity contribution in [2.75, 3.05) is 6.61 Å². The highest BCUT2D eigenvalue weighted by molar-refractivity contribution is 7.99. The zero-order valence-corrected chi connectivity index (χ0v) is 13.9. The van der Waals surface area contributed by atoms with Crippen LogP contribution in [0.5, 0.6) is 0 Å². The van der Waals surface area contributed by atoms with Gasteiger partial charge in [0, 0.05) is 12.0 Å². The smallest absolute Gasteiger partial charge is 0.297 e. The molecule has 130 valence electrons. The van der Waals surface area contributed by atoms with Crippen LogP contribution >= 0.6 is 11.8 Å². The van der Waals surface area contributed by atoms with Gasteiger partial charge in [-0.3, -0.25) is 0 Å². The van der Waals surface area contributed by atoms with Crippen molar-refractivity contribution in [1.82, 2.24) is 30.2 Å². The molecule has 1 atom stereocenters. The minimum atomic E-state index is -2.74. The lowest BCUT2D eigenvalue weighted by Gasteiger charge is -2.11. The molecule has 1 aliphatic rings. The van der Waals surface area contributed by atoms with Gasteiger partial charge in [0.2, 0.25) is 5.16 Å². The second kappa shape index (κ2) is 6.96. The first-order valence-electron chi connectivity index (χ1n) is 7.81. The van der Waals surface area contributed by atoms with Crippen molar-refractivity contribution < 1.29 is 13.5 Å². The molecule has 1 aliphatic heterocycles. The molecule has 7 nitrogen and oxygen atoms in total. The molecule has 2 aromatic heterocycles. The van der Waals surface area contributed by atoms with Gasteiger partial charge in [-0.1, -0.05) is 18.2 Å². The molecule has 10 heteroatoms. The number of nitrogens with zero attached hydrogens (tertiary/aromatic N) is 6. The summed E-state index contributed by atoms with van der Waals surface area (Å²) >= 11 is 1.15. The van der Waals surface area contributed by atoms with Crippen LogP contribution in [0.2, 0.25) is 0 Å². The lowest BCUT2D eigenvalue weighted by Crippen LogP contribution is -2.16. The molecule has 1 fully saturated rings. The standard InChI is InChI=1S/C15H14F2N6OS/c16-12(17)13-18-11-6-2-1-5-10(11)14(19-13)25-15-20-21-22-23(15)8-9-4-3-7-24-9/h1-2,5-6,9,12H,3-4,7-8H2. The number of halogens is 2. The SMILES string of the molecule is FC(F)c1nc(Sc2nnnn2CC2CCCO2)c2ccccc2n1. The summed E-state index contributed by atoms with van der Waals surface area (Å²) in [6.45, 7) is 1.27. The number of rotatable bonds is 5. The minimum Gasteiger partial charge on any atom is -0.376 e. The van der Waals surface area contributed by atoms with Gasteiger partial charge in [-0.05, 0) is 41.1 Å². The summed E-state index contributed by atoms with van der Waals surface area (Å²) in [6, 6.07) is 7.04. The molecular formula is C15H14F2N6OS. The van der Waals surface area contributed by atoms with E-state index < -0.39 is 12.2 Å². The fourth-order valence-electron chi connectivity index (χ4n) is 2.69. The van der Waals surface area contributed by atoms with E-state index in [0.717, 1.165) is 31.2 Å². The number of fused-ring (bicyclic) bond motifs is 1. The highest BCUT2D eigenvalue weighted by atomic mass is 32.2. The molecule has 0 saturated carbocycles. The van der Waals surface area contributed by atoms with Crippen molar-refractivity contribution in [2.45, 2.75) is 42.1 Å². The van der Waals surface area contributed by atoms with E-state index in [4.69, 9.17) is 4.74 Å². The molecule has 0 radical (unpaired) electrons. The number of tetrazole rings is 1. The van der Waals surface area contributed by atoms with E-state index in [2.05, 4.69) is 25.5 Å². The number of para-hydroxylation sites is 1. The Labute approximate surface area is 145 Å². The molecule has 0 N–H and O–H groups in total. The van der Waals surface area contributed by atoms with Crippen LogP contribution in [0.15, 0.2) is 34.4 Å². The van der Waals surface area contributed by atoms with E-state index in [1.54, 1.807) is 22.9 Å². The van der Waals surface area contributed by atoms with Crippen molar-refractivity contribution in [1.29, 1.82) is 0 Å². The van der Waals surface area contributed by atoms with Gasteiger partial charge in [0.15, 0.2) is 5.82 Å². The summed E-state index contributed by atoms with van der Waals surface area (Å²) in [6.07, 6.45) is -0.701. The normalized spacial score (nSPS) is 17.6. The quantitative estimate of drug-likeness (QED) is 0.644. The Bertz CT molecular complexity index is 883. The van der Waals surface area contributed by atoms with Gasteiger partial charge in [0.25, 0.3) is 6.43 Å². The molecule has 0 amide bonds. The lowest BCUT2D eigenvalue weighted by molar-refractivity contribution is 0.0912.